The van der Waals surface area contributed by atoms with Gasteiger partial charge in [-0.15, -0.1) is 0 Å². The van der Waals surface area contributed by atoms with Gasteiger partial charge in [0.25, 0.3) is 0 Å². The van der Waals surface area contributed by atoms with Crippen molar-refractivity contribution in [2.45, 2.75) is 58.8 Å². The summed E-state index contributed by atoms with van der Waals surface area (Å²) in [5.74, 6) is 0. The van der Waals surface area contributed by atoms with Gasteiger partial charge in [-0.2, -0.15) is 0 Å². The molecule has 0 aliphatic rings. The standard InChI is InChI=1S/C11H25O3P/c1-3-5-6-7-8-9-10-14-15(12,13)11-4-2/h3-11H2,1-2H3,(H,12,13). The molecule has 0 saturated carbocycles. The third-order valence-corrected chi connectivity index (χ3v) is 3.90. The lowest BCUT2D eigenvalue weighted by Crippen LogP contribution is -1.96. The molecule has 1 unspecified atom stereocenters. The van der Waals surface area contributed by atoms with E-state index in [1.165, 1.54) is 25.7 Å². The first-order chi connectivity index (χ1) is 7.12. The smallest absolute Gasteiger partial charge is 0.324 e. The predicted molar refractivity (Wildman–Crippen MR) is 64.3 cm³/mol. The fraction of sp³-hybridized carbons (Fsp3) is 1.00. The first kappa shape index (κ1) is 15.2. The van der Waals surface area contributed by atoms with Crippen LogP contribution in [0.25, 0.3) is 0 Å². The first-order valence-corrected chi connectivity index (χ1v) is 7.85. The highest BCUT2D eigenvalue weighted by Crippen LogP contribution is 2.42. The second-order valence-electron chi connectivity index (χ2n) is 3.96. The zero-order chi connectivity index (χ0) is 11.6. The van der Waals surface area contributed by atoms with Gasteiger partial charge in [-0.25, -0.2) is 0 Å². The highest BCUT2D eigenvalue weighted by molar-refractivity contribution is 7.52. The van der Waals surface area contributed by atoms with E-state index in [9.17, 15) is 9.46 Å². The van der Waals surface area contributed by atoms with E-state index in [-0.39, 0.29) is 6.16 Å². The number of hydrogen-bond donors (Lipinski definition) is 1. The topological polar surface area (TPSA) is 46.5 Å². The quantitative estimate of drug-likeness (QED) is 0.461. The average molecular weight is 236 g/mol. The van der Waals surface area contributed by atoms with Gasteiger partial charge in [-0.3, -0.25) is 4.57 Å². The molecule has 0 bridgehead atoms. The highest BCUT2D eigenvalue weighted by Gasteiger charge is 2.16. The van der Waals surface area contributed by atoms with E-state index in [0.717, 1.165) is 12.8 Å². The van der Waals surface area contributed by atoms with Crippen LogP contribution in [0.5, 0.6) is 0 Å². The summed E-state index contributed by atoms with van der Waals surface area (Å²) in [4.78, 5) is 9.29. The minimum Gasteiger partial charge on any atom is -0.324 e. The van der Waals surface area contributed by atoms with E-state index in [1.54, 1.807) is 0 Å². The van der Waals surface area contributed by atoms with Crippen LogP contribution in [-0.4, -0.2) is 17.7 Å². The molecule has 0 saturated heterocycles. The average Bonchev–Trinajstić information content (AvgIpc) is 2.16. The van der Waals surface area contributed by atoms with E-state index in [1.807, 2.05) is 6.92 Å². The molecule has 0 amide bonds. The second kappa shape index (κ2) is 9.38. The van der Waals surface area contributed by atoms with Gasteiger partial charge in [0.2, 0.25) is 0 Å². The Kier molecular flexibility index (Phi) is 9.48. The normalized spacial score (nSPS) is 15.1. The molecule has 0 aromatic heterocycles. The molecule has 0 radical (unpaired) electrons. The third-order valence-electron chi connectivity index (χ3n) is 2.30. The third kappa shape index (κ3) is 10.4. The molecule has 4 heteroatoms. The summed E-state index contributed by atoms with van der Waals surface area (Å²) >= 11 is 0. The molecule has 1 atom stereocenters. The van der Waals surface area contributed by atoms with E-state index >= 15 is 0 Å². The SMILES string of the molecule is CCCCCCCCOP(=O)(O)CCC. The maximum atomic E-state index is 11.3. The van der Waals surface area contributed by atoms with Gasteiger partial charge in [0.1, 0.15) is 0 Å². The Balaban J connectivity index is 3.26. The van der Waals surface area contributed by atoms with E-state index in [4.69, 9.17) is 4.52 Å². The summed E-state index contributed by atoms with van der Waals surface area (Å²) in [7, 11) is -3.25. The minimum absolute atomic E-state index is 0.281. The second-order valence-corrected chi connectivity index (χ2v) is 5.94. The Morgan fingerprint density at radius 1 is 1.00 bits per heavy atom. The highest BCUT2D eigenvalue weighted by atomic mass is 31.2. The Morgan fingerprint density at radius 2 is 1.60 bits per heavy atom. The summed E-state index contributed by atoms with van der Waals surface area (Å²) in [6, 6.07) is 0. The predicted octanol–water partition coefficient (Wildman–Crippen LogP) is 3.96. The van der Waals surface area contributed by atoms with E-state index in [0.29, 0.717) is 13.0 Å². The summed E-state index contributed by atoms with van der Waals surface area (Å²) in [6.07, 6.45) is 7.99. The zero-order valence-electron chi connectivity index (χ0n) is 10.1. The fourth-order valence-electron chi connectivity index (χ4n) is 1.44. The number of unbranched alkanes of at least 4 members (excludes halogenated alkanes) is 5. The van der Waals surface area contributed by atoms with Crippen molar-refractivity contribution in [2.75, 3.05) is 12.8 Å². The first-order valence-electron chi connectivity index (χ1n) is 6.08. The van der Waals surface area contributed by atoms with Crippen LogP contribution in [0.15, 0.2) is 0 Å². The van der Waals surface area contributed by atoms with Crippen molar-refractivity contribution in [3.05, 3.63) is 0 Å². The Morgan fingerprint density at radius 3 is 2.20 bits per heavy atom. The Bertz CT molecular complexity index is 183. The molecule has 1 N–H and O–H groups in total. The Labute approximate surface area is 93.8 Å². The zero-order valence-corrected chi connectivity index (χ0v) is 11.0. The summed E-state index contributed by atoms with van der Waals surface area (Å²) in [6.45, 7) is 4.51. The van der Waals surface area contributed by atoms with Gasteiger partial charge in [0.05, 0.1) is 6.61 Å². The maximum absolute atomic E-state index is 11.3. The van der Waals surface area contributed by atoms with Crippen molar-refractivity contribution in [3.63, 3.8) is 0 Å². The molecule has 3 nitrogen and oxygen atoms in total. The molecular weight excluding hydrogens is 211 g/mol. The van der Waals surface area contributed by atoms with Gasteiger partial charge in [0, 0.05) is 6.16 Å². The van der Waals surface area contributed by atoms with Crippen molar-refractivity contribution in [1.29, 1.82) is 0 Å². The van der Waals surface area contributed by atoms with E-state index in [2.05, 4.69) is 6.92 Å². The minimum atomic E-state index is -3.25. The molecule has 92 valence electrons. The molecule has 15 heavy (non-hydrogen) atoms. The molecular formula is C11H25O3P. The van der Waals surface area contributed by atoms with Crippen LogP contribution in [0, 0.1) is 0 Å². The molecule has 0 aromatic carbocycles. The van der Waals surface area contributed by atoms with Crippen molar-refractivity contribution in [2.24, 2.45) is 0 Å². The lowest BCUT2D eigenvalue weighted by Gasteiger charge is -2.10. The van der Waals surface area contributed by atoms with Crippen molar-refractivity contribution in [1.82, 2.24) is 0 Å². The van der Waals surface area contributed by atoms with Crippen molar-refractivity contribution >= 4 is 7.60 Å². The number of rotatable bonds is 10. The van der Waals surface area contributed by atoms with Crippen LogP contribution < -0.4 is 0 Å². The molecule has 0 aromatic rings. The molecule has 0 spiro atoms. The molecule has 0 rings (SSSR count). The lowest BCUT2D eigenvalue weighted by atomic mass is 10.1. The molecule has 0 aliphatic heterocycles. The van der Waals surface area contributed by atoms with Crippen molar-refractivity contribution in [3.8, 4) is 0 Å². The van der Waals surface area contributed by atoms with Gasteiger partial charge >= 0.3 is 7.60 Å². The fourth-order valence-corrected chi connectivity index (χ4v) is 2.55. The van der Waals surface area contributed by atoms with Gasteiger partial charge in [0.15, 0.2) is 0 Å². The lowest BCUT2D eigenvalue weighted by molar-refractivity contribution is 0.252. The number of hydrogen-bond acceptors (Lipinski definition) is 2. The van der Waals surface area contributed by atoms with Crippen LogP contribution >= 0.6 is 7.60 Å². The van der Waals surface area contributed by atoms with Crippen molar-refractivity contribution < 1.29 is 14.0 Å². The van der Waals surface area contributed by atoms with E-state index < -0.39 is 7.60 Å². The summed E-state index contributed by atoms with van der Waals surface area (Å²) < 4.78 is 16.3. The summed E-state index contributed by atoms with van der Waals surface area (Å²) in [5.41, 5.74) is 0. The van der Waals surface area contributed by atoms with Crippen LogP contribution in [0.4, 0.5) is 0 Å². The van der Waals surface area contributed by atoms with Crippen LogP contribution in [0.2, 0.25) is 0 Å². The Hall–Kier alpha value is 0.150. The van der Waals surface area contributed by atoms with Gasteiger partial charge in [-0.1, -0.05) is 46.0 Å². The summed E-state index contributed by atoms with van der Waals surface area (Å²) in [5, 5.41) is 0. The van der Waals surface area contributed by atoms with Gasteiger partial charge < -0.3 is 9.42 Å². The molecule has 0 aliphatic carbocycles. The monoisotopic (exact) mass is 236 g/mol. The molecule has 0 heterocycles. The molecule has 0 fully saturated rings. The maximum Gasteiger partial charge on any atom is 0.328 e. The van der Waals surface area contributed by atoms with Crippen LogP contribution in [0.3, 0.4) is 0 Å². The largest absolute Gasteiger partial charge is 0.328 e. The van der Waals surface area contributed by atoms with Crippen LogP contribution in [-0.2, 0) is 9.09 Å². The van der Waals surface area contributed by atoms with Crippen LogP contribution in [0.1, 0.15) is 58.8 Å². The van der Waals surface area contributed by atoms with Gasteiger partial charge in [-0.05, 0) is 12.8 Å².